The lowest BCUT2D eigenvalue weighted by atomic mass is 10.1. The van der Waals surface area contributed by atoms with E-state index in [0.29, 0.717) is 0 Å². The van der Waals surface area contributed by atoms with Crippen molar-refractivity contribution in [1.29, 1.82) is 5.16 Å². The van der Waals surface area contributed by atoms with Gasteiger partial charge in [0.1, 0.15) is 0 Å². The zero-order chi connectivity index (χ0) is 16.3. The number of rotatable bonds is 4. The number of aryl methyl sites for hydroxylation is 2. The molecule has 0 aliphatic rings. The number of nitrogens with one attached hydrogen (secondary N) is 1. The van der Waals surface area contributed by atoms with Gasteiger partial charge in [0.25, 0.3) is 0 Å². The lowest BCUT2D eigenvalue weighted by Crippen LogP contribution is -2.17. The summed E-state index contributed by atoms with van der Waals surface area (Å²) in [5, 5.41) is 11.7. The molecule has 0 radical (unpaired) electrons. The fourth-order valence-electron chi connectivity index (χ4n) is 2.98. The van der Waals surface area contributed by atoms with Gasteiger partial charge in [-0.05, 0) is 35.6 Å². The lowest BCUT2D eigenvalue weighted by molar-refractivity contribution is 1.26. The van der Waals surface area contributed by atoms with Crippen LogP contribution in [0.3, 0.4) is 0 Å². The minimum atomic E-state index is -2.19. The van der Waals surface area contributed by atoms with Gasteiger partial charge in [0, 0.05) is 13.2 Å². The molecule has 0 aliphatic heterocycles. The van der Waals surface area contributed by atoms with Crippen LogP contribution in [0, 0.1) is 19.0 Å². The molecule has 0 saturated heterocycles. The molecule has 0 bridgehead atoms. The molecule has 1 nitrogen and oxygen atoms in total. The van der Waals surface area contributed by atoms with Gasteiger partial charge < -0.3 is 5.16 Å². The van der Waals surface area contributed by atoms with Gasteiger partial charge in [-0.25, -0.2) is 0 Å². The third kappa shape index (κ3) is 3.30. The first kappa shape index (κ1) is 15.8. The Hall–Kier alpha value is -2.11. The highest BCUT2D eigenvalue weighted by atomic mass is 31.2. The Morgan fingerprint density at radius 3 is 1.74 bits per heavy atom. The molecule has 2 heteroatoms. The molecule has 0 saturated carbocycles. The highest BCUT2D eigenvalue weighted by Crippen LogP contribution is 2.48. The van der Waals surface area contributed by atoms with Crippen LogP contribution in [0.2, 0.25) is 0 Å². The molecule has 0 atom stereocenters. The zero-order valence-electron chi connectivity index (χ0n) is 13.7. The molecule has 0 heterocycles. The van der Waals surface area contributed by atoms with Gasteiger partial charge in [0.15, 0.2) is 0 Å². The van der Waals surface area contributed by atoms with Crippen molar-refractivity contribution in [3.05, 3.63) is 95.6 Å². The van der Waals surface area contributed by atoms with Crippen molar-refractivity contribution in [2.24, 2.45) is 0 Å². The van der Waals surface area contributed by atoms with E-state index in [-0.39, 0.29) is 0 Å². The first-order valence-corrected chi connectivity index (χ1v) is 9.87. The average Bonchev–Trinajstić information content (AvgIpc) is 2.59. The Balaban J connectivity index is 2.12. The van der Waals surface area contributed by atoms with Crippen LogP contribution in [0.1, 0.15) is 16.7 Å². The van der Waals surface area contributed by atoms with Crippen molar-refractivity contribution < 1.29 is 0 Å². The molecule has 0 amide bonds. The summed E-state index contributed by atoms with van der Waals surface area (Å²) in [7, 11) is -2.19. The van der Waals surface area contributed by atoms with Gasteiger partial charge in [0.2, 0.25) is 0 Å². The summed E-state index contributed by atoms with van der Waals surface area (Å²) in [6, 6.07) is 27.2. The van der Waals surface area contributed by atoms with Crippen LogP contribution in [0.4, 0.5) is 0 Å². The van der Waals surface area contributed by atoms with Gasteiger partial charge in [-0.2, -0.15) is 0 Å². The van der Waals surface area contributed by atoms with E-state index in [4.69, 9.17) is 0 Å². The third-order valence-corrected chi connectivity index (χ3v) is 7.47. The minimum absolute atomic E-state index is 0.785. The van der Waals surface area contributed by atoms with Gasteiger partial charge >= 0.3 is 0 Å². The van der Waals surface area contributed by atoms with E-state index in [1.54, 1.807) is 0 Å². The van der Waals surface area contributed by atoms with Gasteiger partial charge in [-0.1, -0.05) is 84.4 Å². The second-order valence-electron chi connectivity index (χ2n) is 6.07. The van der Waals surface area contributed by atoms with Crippen LogP contribution in [-0.2, 0) is 6.16 Å². The third-order valence-electron chi connectivity index (χ3n) is 4.30. The predicted molar refractivity (Wildman–Crippen MR) is 101 cm³/mol. The summed E-state index contributed by atoms with van der Waals surface area (Å²) in [6.07, 6.45) is 0.785. The van der Waals surface area contributed by atoms with Crippen molar-refractivity contribution in [1.82, 2.24) is 0 Å². The molecule has 3 rings (SSSR count). The highest BCUT2D eigenvalue weighted by molar-refractivity contribution is 7.79. The second-order valence-corrected chi connectivity index (χ2v) is 9.04. The van der Waals surface area contributed by atoms with E-state index in [1.807, 2.05) is 36.4 Å². The second kappa shape index (κ2) is 6.56. The minimum Gasteiger partial charge on any atom is -0.309 e. The van der Waals surface area contributed by atoms with Crippen LogP contribution in [-0.4, -0.2) is 0 Å². The number of hydrogen-bond donors (Lipinski definition) is 1. The summed E-state index contributed by atoms with van der Waals surface area (Å²) >= 11 is 0. The standard InChI is InChI=1S/C21H22NP/c1-17-13-14-19(18(2)15-17)16-23(22,20-9-5-3-6-10-20)21-11-7-4-8-12-21/h3-15,22H,16H2,1-2H3. The fraction of sp³-hybridized carbons (Fsp3) is 0.143. The molecular formula is C21H22NP. The topological polar surface area (TPSA) is 23.9 Å². The summed E-state index contributed by atoms with van der Waals surface area (Å²) in [5.74, 6) is 0. The smallest absolute Gasteiger partial charge is 0.0279 e. The molecule has 116 valence electrons. The van der Waals surface area contributed by atoms with Gasteiger partial charge in [-0.3, -0.25) is 0 Å². The highest BCUT2D eigenvalue weighted by Gasteiger charge is 2.23. The Bertz CT molecular complexity index is 795. The number of hydrogen-bond acceptors (Lipinski definition) is 1. The Morgan fingerprint density at radius 2 is 1.26 bits per heavy atom. The van der Waals surface area contributed by atoms with E-state index in [0.717, 1.165) is 16.8 Å². The molecule has 0 fully saturated rings. The van der Waals surface area contributed by atoms with Gasteiger partial charge in [-0.15, -0.1) is 0 Å². The SMILES string of the molecule is Cc1ccc(CP(=N)(c2ccccc2)c2ccccc2)c(C)c1. The van der Waals surface area contributed by atoms with E-state index in [1.165, 1.54) is 16.7 Å². The maximum absolute atomic E-state index is 9.40. The van der Waals surface area contributed by atoms with Crippen LogP contribution in [0.5, 0.6) is 0 Å². The summed E-state index contributed by atoms with van der Waals surface area (Å²) in [4.78, 5) is 0. The fourth-order valence-corrected chi connectivity index (χ4v) is 5.87. The average molecular weight is 319 g/mol. The first-order valence-electron chi connectivity index (χ1n) is 7.90. The lowest BCUT2D eigenvalue weighted by Gasteiger charge is -2.24. The molecule has 23 heavy (non-hydrogen) atoms. The molecular weight excluding hydrogens is 297 g/mol. The Kier molecular flexibility index (Phi) is 4.50. The normalized spacial score (nSPS) is 11.4. The molecule has 1 N–H and O–H groups in total. The van der Waals surface area contributed by atoms with E-state index < -0.39 is 7.05 Å². The molecule has 0 aromatic heterocycles. The predicted octanol–water partition coefficient (Wildman–Crippen LogP) is 5.23. The molecule has 3 aromatic carbocycles. The Morgan fingerprint density at radius 1 is 0.739 bits per heavy atom. The van der Waals surface area contributed by atoms with Crippen molar-refractivity contribution in [3.8, 4) is 0 Å². The quantitative estimate of drug-likeness (QED) is 0.636. The zero-order valence-corrected chi connectivity index (χ0v) is 14.6. The Labute approximate surface area is 138 Å². The first-order chi connectivity index (χ1) is 11.1. The summed E-state index contributed by atoms with van der Waals surface area (Å²) in [6.45, 7) is 4.27. The van der Waals surface area contributed by atoms with Gasteiger partial charge in [0.05, 0.1) is 0 Å². The van der Waals surface area contributed by atoms with Crippen molar-refractivity contribution >= 4 is 17.7 Å². The monoisotopic (exact) mass is 319 g/mol. The maximum atomic E-state index is 9.40. The van der Waals surface area contributed by atoms with Crippen molar-refractivity contribution in [2.75, 3.05) is 0 Å². The van der Waals surface area contributed by atoms with Crippen LogP contribution < -0.4 is 10.6 Å². The van der Waals surface area contributed by atoms with Crippen LogP contribution in [0.25, 0.3) is 0 Å². The van der Waals surface area contributed by atoms with Crippen LogP contribution in [0.15, 0.2) is 78.9 Å². The molecule has 0 spiro atoms. The summed E-state index contributed by atoms with van der Waals surface area (Å²) < 4.78 is 0. The summed E-state index contributed by atoms with van der Waals surface area (Å²) in [5.41, 5.74) is 3.85. The maximum Gasteiger partial charge on any atom is 0.0279 e. The largest absolute Gasteiger partial charge is 0.309 e. The van der Waals surface area contributed by atoms with E-state index in [9.17, 15) is 5.16 Å². The van der Waals surface area contributed by atoms with E-state index >= 15 is 0 Å². The molecule has 3 aromatic rings. The van der Waals surface area contributed by atoms with Crippen molar-refractivity contribution in [3.63, 3.8) is 0 Å². The number of benzene rings is 3. The van der Waals surface area contributed by atoms with E-state index in [2.05, 4.69) is 56.3 Å². The molecule has 0 aliphatic carbocycles. The van der Waals surface area contributed by atoms with Crippen molar-refractivity contribution in [2.45, 2.75) is 20.0 Å². The van der Waals surface area contributed by atoms with Crippen LogP contribution >= 0.6 is 7.05 Å². The molecule has 0 unspecified atom stereocenters.